The zero-order chi connectivity index (χ0) is 14.7. The van der Waals surface area contributed by atoms with Crippen molar-refractivity contribution in [2.45, 2.75) is 19.2 Å². The lowest BCUT2D eigenvalue weighted by molar-refractivity contribution is -0.141. The molecule has 0 aliphatic rings. The van der Waals surface area contributed by atoms with Gasteiger partial charge < -0.3 is 4.84 Å². The molecule has 1 rings (SSSR count). The summed E-state index contributed by atoms with van der Waals surface area (Å²) in [6.45, 7) is 2.68. The molecule has 0 bridgehead atoms. The fourth-order valence-corrected chi connectivity index (χ4v) is 3.14. The lowest BCUT2D eigenvalue weighted by Crippen LogP contribution is -2.22. The van der Waals surface area contributed by atoms with E-state index in [0.717, 1.165) is 0 Å². The topological polar surface area (TPSA) is 46.6 Å². The number of halogens is 3. The van der Waals surface area contributed by atoms with Crippen molar-refractivity contribution in [1.82, 2.24) is 0 Å². The second kappa shape index (κ2) is 6.59. The van der Waals surface area contributed by atoms with Gasteiger partial charge in [-0.3, -0.25) is 9.59 Å². The van der Waals surface area contributed by atoms with E-state index in [1.807, 2.05) is 0 Å². The Morgan fingerprint density at radius 3 is 2.32 bits per heavy atom. The number of carbonyl (C=O) groups is 2. The van der Waals surface area contributed by atoms with Gasteiger partial charge in [-0.1, -0.05) is 39.1 Å². The maximum absolute atomic E-state index is 11.6. The highest BCUT2D eigenvalue weighted by molar-refractivity contribution is 9.08. The summed E-state index contributed by atoms with van der Waals surface area (Å²) in [5, 5.41) is 2.22. The molecular formula is C12H12BrCl2NO3. The second-order valence-corrected chi connectivity index (χ2v) is 5.14. The van der Waals surface area contributed by atoms with Gasteiger partial charge in [0.2, 0.25) is 0 Å². The summed E-state index contributed by atoms with van der Waals surface area (Å²) in [7, 11) is 1.53. The standard InChI is InChI=1S/C12H12BrCl2NO3/c1-6(17)8-4-10(16(3)19-7(2)18)12(15)9(5-13)11(8)14/h4H,5H2,1-3H3. The van der Waals surface area contributed by atoms with Gasteiger partial charge >= 0.3 is 5.97 Å². The van der Waals surface area contributed by atoms with Gasteiger partial charge in [-0.05, 0) is 13.0 Å². The van der Waals surface area contributed by atoms with E-state index in [2.05, 4.69) is 15.9 Å². The quantitative estimate of drug-likeness (QED) is 0.457. The summed E-state index contributed by atoms with van der Waals surface area (Å²) < 4.78 is 0. The van der Waals surface area contributed by atoms with Crippen molar-refractivity contribution in [3.05, 3.63) is 27.2 Å². The highest BCUT2D eigenvalue weighted by Gasteiger charge is 2.20. The first-order chi connectivity index (χ1) is 8.79. The molecule has 0 radical (unpaired) electrons. The van der Waals surface area contributed by atoms with Gasteiger partial charge in [0.25, 0.3) is 0 Å². The minimum Gasteiger partial charge on any atom is -0.341 e. The third-order valence-electron chi connectivity index (χ3n) is 2.39. The minimum absolute atomic E-state index is 0.193. The van der Waals surface area contributed by atoms with Gasteiger partial charge in [-0.2, -0.15) is 0 Å². The molecule has 1 aromatic rings. The van der Waals surface area contributed by atoms with Gasteiger partial charge in [0, 0.05) is 30.4 Å². The van der Waals surface area contributed by atoms with Crippen LogP contribution in [-0.2, 0) is 15.0 Å². The van der Waals surface area contributed by atoms with E-state index in [9.17, 15) is 9.59 Å². The number of carbonyl (C=O) groups excluding carboxylic acids is 2. The van der Waals surface area contributed by atoms with E-state index in [-0.39, 0.29) is 5.78 Å². The molecule has 7 heteroatoms. The van der Waals surface area contributed by atoms with Gasteiger partial charge in [0.1, 0.15) is 0 Å². The Kier molecular flexibility index (Phi) is 5.64. The maximum Gasteiger partial charge on any atom is 0.329 e. The summed E-state index contributed by atoms with van der Waals surface area (Å²) in [6.07, 6.45) is 0. The monoisotopic (exact) mass is 367 g/mol. The molecule has 0 fully saturated rings. The van der Waals surface area contributed by atoms with Gasteiger partial charge in [-0.15, -0.1) is 0 Å². The summed E-state index contributed by atoms with van der Waals surface area (Å²) in [5.74, 6) is -0.681. The highest BCUT2D eigenvalue weighted by atomic mass is 79.9. The Morgan fingerprint density at radius 1 is 1.32 bits per heavy atom. The van der Waals surface area contributed by atoms with Crippen LogP contribution in [0.1, 0.15) is 29.8 Å². The number of hydrogen-bond acceptors (Lipinski definition) is 4. The summed E-state index contributed by atoms with van der Waals surface area (Å²) >= 11 is 15.6. The van der Waals surface area contributed by atoms with Crippen LogP contribution in [0.25, 0.3) is 0 Å². The first kappa shape index (κ1) is 16.3. The van der Waals surface area contributed by atoms with E-state index in [0.29, 0.717) is 32.2 Å². The van der Waals surface area contributed by atoms with Crippen LogP contribution in [0.5, 0.6) is 0 Å². The predicted octanol–water partition coefficient (Wildman–Crippen LogP) is 4.01. The second-order valence-electron chi connectivity index (χ2n) is 3.82. The lowest BCUT2D eigenvalue weighted by Gasteiger charge is -2.21. The number of nitrogens with zero attached hydrogens (tertiary/aromatic N) is 1. The third kappa shape index (κ3) is 3.61. The Morgan fingerprint density at radius 2 is 1.89 bits per heavy atom. The number of rotatable bonds is 4. The van der Waals surface area contributed by atoms with E-state index in [1.165, 1.54) is 32.0 Å². The summed E-state index contributed by atoms with van der Waals surface area (Å²) in [6, 6.07) is 1.50. The average molecular weight is 369 g/mol. The van der Waals surface area contributed by atoms with Crippen LogP contribution in [0, 0.1) is 0 Å². The first-order valence-electron chi connectivity index (χ1n) is 5.29. The largest absolute Gasteiger partial charge is 0.341 e. The van der Waals surface area contributed by atoms with E-state index >= 15 is 0 Å². The Bertz CT molecular complexity index is 534. The molecule has 1 aromatic carbocycles. The molecule has 0 unspecified atom stereocenters. The molecular weight excluding hydrogens is 357 g/mol. The number of benzene rings is 1. The predicted molar refractivity (Wildman–Crippen MR) is 79.3 cm³/mol. The van der Waals surface area contributed by atoms with Gasteiger partial charge in [0.15, 0.2) is 5.78 Å². The maximum atomic E-state index is 11.6. The molecule has 0 heterocycles. The number of Topliss-reactive ketones (excluding diaryl/α,β-unsaturated/α-hetero) is 1. The number of anilines is 1. The fraction of sp³-hybridized carbons (Fsp3) is 0.333. The zero-order valence-corrected chi connectivity index (χ0v) is 13.7. The van der Waals surface area contributed by atoms with E-state index < -0.39 is 5.97 Å². The number of hydrogen-bond donors (Lipinski definition) is 0. The molecule has 0 spiro atoms. The van der Waals surface area contributed by atoms with Crippen molar-refractivity contribution in [1.29, 1.82) is 0 Å². The molecule has 0 saturated heterocycles. The summed E-state index contributed by atoms with van der Waals surface area (Å²) in [4.78, 5) is 27.5. The normalized spacial score (nSPS) is 10.2. The van der Waals surface area contributed by atoms with Crippen LogP contribution in [0.3, 0.4) is 0 Å². The fourth-order valence-electron chi connectivity index (χ4n) is 1.52. The van der Waals surface area contributed by atoms with Crippen molar-refractivity contribution in [3.8, 4) is 0 Å². The first-order valence-corrected chi connectivity index (χ1v) is 7.17. The van der Waals surface area contributed by atoms with Crippen LogP contribution < -0.4 is 5.06 Å². The van der Waals surface area contributed by atoms with Gasteiger partial charge in [-0.25, -0.2) is 5.06 Å². The SMILES string of the molecule is CC(=O)ON(C)c1cc(C(C)=O)c(Cl)c(CBr)c1Cl. The van der Waals surface area contributed by atoms with Crippen LogP contribution in [0.2, 0.25) is 10.0 Å². The minimum atomic E-state index is -0.488. The Labute approximate surface area is 129 Å². The van der Waals surface area contributed by atoms with Crippen molar-refractivity contribution in [2.24, 2.45) is 0 Å². The van der Waals surface area contributed by atoms with Crippen molar-refractivity contribution in [2.75, 3.05) is 12.1 Å². The van der Waals surface area contributed by atoms with Crippen molar-refractivity contribution < 1.29 is 14.4 Å². The number of alkyl halides is 1. The number of hydroxylamine groups is 1. The number of ketones is 1. The molecule has 4 nitrogen and oxygen atoms in total. The summed E-state index contributed by atoms with van der Waals surface area (Å²) in [5.41, 5.74) is 1.31. The average Bonchev–Trinajstić information content (AvgIpc) is 2.28. The molecule has 0 atom stereocenters. The third-order valence-corrected chi connectivity index (χ3v) is 3.80. The van der Waals surface area contributed by atoms with Crippen molar-refractivity contribution in [3.63, 3.8) is 0 Å². The van der Waals surface area contributed by atoms with Gasteiger partial charge in [0.05, 0.1) is 15.7 Å². The molecule has 0 aliphatic carbocycles. The molecule has 0 aliphatic heterocycles. The Hall–Kier alpha value is -0.780. The molecule has 104 valence electrons. The van der Waals surface area contributed by atoms with Crippen LogP contribution in [-0.4, -0.2) is 18.8 Å². The molecule has 19 heavy (non-hydrogen) atoms. The molecule has 0 aromatic heterocycles. The smallest absolute Gasteiger partial charge is 0.329 e. The lowest BCUT2D eigenvalue weighted by atomic mass is 10.1. The molecule has 0 N–H and O–H groups in total. The zero-order valence-electron chi connectivity index (χ0n) is 10.6. The Balaban J connectivity index is 3.43. The van der Waals surface area contributed by atoms with Crippen LogP contribution in [0.15, 0.2) is 6.07 Å². The van der Waals surface area contributed by atoms with Crippen molar-refractivity contribution >= 4 is 56.6 Å². The molecule has 0 saturated carbocycles. The van der Waals surface area contributed by atoms with Crippen LogP contribution in [0.4, 0.5) is 5.69 Å². The van der Waals surface area contributed by atoms with Crippen LogP contribution >= 0.6 is 39.1 Å². The molecule has 0 amide bonds. The highest BCUT2D eigenvalue weighted by Crippen LogP contribution is 2.38. The van der Waals surface area contributed by atoms with E-state index in [1.54, 1.807) is 0 Å². The van der Waals surface area contributed by atoms with E-state index in [4.69, 9.17) is 28.0 Å².